The third-order valence-electron chi connectivity index (χ3n) is 8.14. The first kappa shape index (κ1) is 22.9. The van der Waals surface area contributed by atoms with Crippen LogP contribution in [0.3, 0.4) is 0 Å². The van der Waals surface area contributed by atoms with Crippen LogP contribution < -0.4 is 10.2 Å². The quantitative estimate of drug-likeness (QED) is 0.381. The molecule has 0 saturated carbocycles. The Labute approximate surface area is 225 Å². The zero-order valence-corrected chi connectivity index (χ0v) is 21.6. The summed E-state index contributed by atoms with van der Waals surface area (Å²) in [6.07, 6.45) is 21.6. The molecular formula is C36H32N2. The second kappa shape index (κ2) is 9.87. The van der Waals surface area contributed by atoms with Gasteiger partial charge in [0.15, 0.2) is 0 Å². The summed E-state index contributed by atoms with van der Waals surface area (Å²) >= 11 is 0. The van der Waals surface area contributed by atoms with Crippen molar-refractivity contribution < 1.29 is 0 Å². The highest BCUT2D eigenvalue weighted by atomic mass is 15.2. The Morgan fingerprint density at radius 2 is 1.53 bits per heavy atom. The van der Waals surface area contributed by atoms with Gasteiger partial charge in [-0.05, 0) is 102 Å². The average molecular weight is 493 g/mol. The van der Waals surface area contributed by atoms with E-state index < -0.39 is 0 Å². The first-order chi connectivity index (χ1) is 18.8. The Morgan fingerprint density at radius 3 is 2.32 bits per heavy atom. The van der Waals surface area contributed by atoms with E-state index in [1.54, 1.807) is 0 Å². The van der Waals surface area contributed by atoms with Crippen LogP contribution in [0.4, 0.5) is 17.1 Å². The summed E-state index contributed by atoms with van der Waals surface area (Å²) in [6, 6.07) is 28.5. The molecule has 0 spiro atoms. The van der Waals surface area contributed by atoms with Gasteiger partial charge >= 0.3 is 0 Å². The van der Waals surface area contributed by atoms with Crippen molar-refractivity contribution in [3.63, 3.8) is 0 Å². The normalized spacial score (nSPS) is 19.9. The van der Waals surface area contributed by atoms with Crippen molar-refractivity contribution >= 4 is 22.6 Å². The molecule has 0 bridgehead atoms. The van der Waals surface area contributed by atoms with Gasteiger partial charge in [0.1, 0.15) is 0 Å². The fourth-order valence-electron chi connectivity index (χ4n) is 6.19. The topological polar surface area (TPSA) is 15.3 Å². The van der Waals surface area contributed by atoms with Gasteiger partial charge in [-0.2, -0.15) is 0 Å². The van der Waals surface area contributed by atoms with Crippen LogP contribution in [0.1, 0.15) is 49.1 Å². The van der Waals surface area contributed by atoms with Gasteiger partial charge in [0.2, 0.25) is 0 Å². The summed E-state index contributed by atoms with van der Waals surface area (Å²) in [5.41, 5.74) is 13.4. The number of benzene rings is 3. The highest BCUT2D eigenvalue weighted by Crippen LogP contribution is 2.52. The monoisotopic (exact) mass is 492 g/mol. The van der Waals surface area contributed by atoms with Gasteiger partial charge in [-0.15, -0.1) is 0 Å². The van der Waals surface area contributed by atoms with E-state index in [-0.39, 0.29) is 0 Å². The SMILES string of the molecule is C1=CC(c2ccc(NC3=CC=C(C4=CC=C5C(C4)c4ccccc4N5c4ccccc4)CC3)cc2)=CCC1. The number of hydrogen-bond acceptors (Lipinski definition) is 2. The van der Waals surface area contributed by atoms with Gasteiger partial charge < -0.3 is 10.2 Å². The van der Waals surface area contributed by atoms with Gasteiger partial charge in [0.25, 0.3) is 0 Å². The van der Waals surface area contributed by atoms with E-state index in [0.717, 1.165) is 37.8 Å². The smallest absolute Gasteiger partial charge is 0.0497 e. The zero-order chi connectivity index (χ0) is 25.3. The lowest BCUT2D eigenvalue weighted by Crippen LogP contribution is -2.16. The summed E-state index contributed by atoms with van der Waals surface area (Å²) in [4.78, 5) is 2.44. The molecule has 38 heavy (non-hydrogen) atoms. The van der Waals surface area contributed by atoms with Crippen molar-refractivity contribution in [2.24, 2.45) is 0 Å². The molecule has 1 aliphatic heterocycles. The number of rotatable bonds is 5. The number of para-hydroxylation sites is 2. The summed E-state index contributed by atoms with van der Waals surface area (Å²) in [5, 5.41) is 3.65. The molecule has 3 aromatic carbocycles. The Hall–Kier alpha value is -4.30. The van der Waals surface area contributed by atoms with Crippen LogP contribution in [0, 0.1) is 0 Å². The van der Waals surface area contributed by atoms with Crippen molar-refractivity contribution in [3.8, 4) is 0 Å². The highest BCUT2D eigenvalue weighted by molar-refractivity contribution is 5.79. The number of fused-ring (bicyclic) bond motifs is 3. The number of anilines is 3. The molecule has 1 atom stereocenters. The molecule has 0 fully saturated rings. The molecule has 1 heterocycles. The molecule has 0 radical (unpaired) electrons. The lowest BCUT2D eigenvalue weighted by Gasteiger charge is -2.27. The fourth-order valence-corrected chi connectivity index (χ4v) is 6.19. The summed E-state index contributed by atoms with van der Waals surface area (Å²) in [7, 11) is 0. The van der Waals surface area contributed by atoms with E-state index in [9.17, 15) is 0 Å². The number of allylic oxidation sites excluding steroid dienone is 12. The molecule has 186 valence electrons. The van der Waals surface area contributed by atoms with Gasteiger partial charge in [-0.3, -0.25) is 0 Å². The lowest BCUT2D eigenvalue weighted by atomic mass is 9.82. The van der Waals surface area contributed by atoms with E-state index in [1.165, 1.54) is 50.6 Å². The van der Waals surface area contributed by atoms with E-state index in [2.05, 4.69) is 132 Å². The molecule has 2 nitrogen and oxygen atoms in total. The summed E-state index contributed by atoms with van der Waals surface area (Å²) < 4.78 is 0. The summed E-state index contributed by atoms with van der Waals surface area (Å²) in [5.74, 6) is 0.406. The van der Waals surface area contributed by atoms with Crippen molar-refractivity contribution in [3.05, 3.63) is 155 Å². The Kier molecular flexibility index (Phi) is 5.94. The molecular weight excluding hydrogens is 460 g/mol. The predicted molar refractivity (Wildman–Crippen MR) is 160 cm³/mol. The fraction of sp³-hybridized carbons (Fsp3) is 0.167. The van der Waals surface area contributed by atoms with Crippen molar-refractivity contribution in [2.45, 2.75) is 38.0 Å². The Bertz CT molecular complexity index is 1540. The minimum atomic E-state index is 0.406. The number of nitrogens with one attached hydrogen (secondary N) is 1. The number of hydrogen-bond donors (Lipinski definition) is 1. The molecule has 3 aromatic rings. The van der Waals surface area contributed by atoms with Crippen LogP contribution in [0.2, 0.25) is 0 Å². The molecule has 1 unspecified atom stereocenters. The first-order valence-corrected chi connectivity index (χ1v) is 13.8. The highest BCUT2D eigenvalue weighted by Gasteiger charge is 2.36. The molecule has 0 amide bonds. The van der Waals surface area contributed by atoms with Crippen molar-refractivity contribution in [1.29, 1.82) is 0 Å². The van der Waals surface area contributed by atoms with E-state index in [4.69, 9.17) is 0 Å². The minimum Gasteiger partial charge on any atom is -0.359 e. The van der Waals surface area contributed by atoms with Crippen molar-refractivity contribution in [1.82, 2.24) is 0 Å². The van der Waals surface area contributed by atoms with Gasteiger partial charge in [-0.25, -0.2) is 0 Å². The van der Waals surface area contributed by atoms with E-state index in [1.807, 2.05) is 0 Å². The van der Waals surface area contributed by atoms with Gasteiger partial charge in [-0.1, -0.05) is 78.9 Å². The van der Waals surface area contributed by atoms with Crippen molar-refractivity contribution in [2.75, 3.05) is 10.2 Å². The maximum Gasteiger partial charge on any atom is 0.0497 e. The third kappa shape index (κ3) is 4.26. The Morgan fingerprint density at radius 1 is 0.711 bits per heavy atom. The summed E-state index contributed by atoms with van der Waals surface area (Å²) in [6.45, 7) is 0. The van der Waals surface area contributed by atoms with Crippen LogP contribution in [0.15, 0.2) is 144 Å². The standard InChI is InChI=1S/C36H32N2/c1-3-9-26(10-4-1)27-15-20-30(21-16-27)37-31-22-17-28(18-23-31)29-19-24-36-34(25-29)33-13-7-8-14-35(33)38(36)32-11-5-2-6-12-32/h2-3,5-17,19-22,24,34,37H,1,4,18,23,25H2. The van der Waals surface area contributed by atoms with Crippen LogP contribution in [-0.4, -0.2) is 0 Å². The average Bonchev–Trinajstić information content (AvgIpc) is 3.33. The second-order valence-corrected chi connectivity index (χ2v) is 10.5. The molecule has 0 aromatic heterocycles. The molecule has 3 aliphatic carbocycles. The largest absolute Gasteiger partial charge is 0.359 e. The maximum absolute atomic E-state index is 3.65. The molecule has 2 heteroatoms. The van der Waals surface area contributed by atoms with Crippen LogP contribution in [-0.2, 0) is 0 Å². The first-order valence-electron chi connectivity index (χ1n) is 13.8. The third-order valence-corrected chi connectivity index (χ3v) is 8.14. The lowest BCUT2D eigenvalue weighted by molar-refractivity contribution is 0.771. The van der Waals surface area contributed by atoms with E-state index in [0.29, 0.717) is 5.92 Å². The molecule has 0 saturated heterocycles. The zero-order valence-electron chi connectivity index (χ0n) is 21.6. The number of nitrogens with zero attached hydrogens (tertiary/aromatic N) is 1. The minimum absolute atomic E-state index is 0.406. The van der Waals surface area contributed by atoms with Gasteiger partial charge in [0, 0.05) is 34.4 Å². The van der Waals surface area contributed by atoms with Crippen LogP contribution >= 0.6 is 0 Å². The molecule has 4 aliphatic rings. The molecule has 7 rings (SSSR count). The molecule has 1 N–H and O–H groups in total. The van der Waals surface area contributed by atoms with Gasteiger partial charge in [0.05, 0.1) is 0 Å². The van der Waals surface area contributed by atoms with Crippen LogP contribution in [0.25, 0.3) is 5.57 Å². The van der Waals surface area contributed by atoms with Crippen LogP contribution in [0.5, 0.6) is 0 Å². The maximum atomic E-state index is 3.65. The second-order valence-electron chi connectivity index (χ2n) is 10.5. The Balaban J connectivity index is 1.09. The predicted octanol–water partition coefficient (Wildman–Crippen LogP) is 9.59. The van der Waals surface area contributed by atoms with E-state index >= 15 is 0 Å².